The molecule has 0 bridgehead atoms. The summed E-state index contributed by atoms with van der Waals surface area (Å²) in [5.74, 6) is -0.856. The Labute approximate surface area is 466 Å². The lowest BCUT2D eigenvalue weighted by atomic mass is 10.0. The molecule has 0 saturated heterocycles. The smallest absolute Gasteiger partial charge is 0.306 e. The van der Waals surface area contributed by atoms with E-state index < -0.39 is 6.10 Å². The van der Waals surface area contributed by atoms with Crippen molar-refractivity contribution in [1.29, 1.82) is 0 Å². The van der Waals surface area contributed by atoms with Gasteiger partial charge in [-0.05, 0) is 83.5 Å². The highest BCUT2D eigenvalue weighted by Crippen LogP contribution is 2.17. The van der Waals surface area contributed by atoms with E-state index in [0.29, 0.717) is 19.3 Å². The second-order valence-corrected chi connectivity index (χ2v) is 22.0. The molecule has 1 atom stereocenters. The van der Waals surface area contributed by atoms with E-state index >= 15 is 0 Å². The maximum atomic E-state index is 12.9. The summed E-state index contributed by atoms with van der Waals surface area (Å²) in [6, 6.07) is 0. The fourth-order valence-electron chi connectivity index (χ4n) is 9.61. The van der Waals surface area contributed by atoms with Crippen molar-refractivity contribution in [3.8, 4) is 0 Å². The largest absolute Gasteiger partial charge is 0.462 e. The topological polar surface area (TPSA) is 78.9 Å². The van der Waals surface area contributed by atoms with Gasteiger partial charge in [0.25, 0.3) is 0 Å². The highest BCUT2D eigenvalue weighted by molar-refractivity contribution is 5.71. The minimum atomic E-state index is -0.774. The number of hydrogen-bond acceptors (Lipinski definition) is 6. The molecule has 0 aliphatic heterocycles. The third-order valence-electron chi connectivity index (χ3n) is 14.5. The maximum Gasteiger partial charge on any atom is 0.306 e. The van der Waals surface area contributed by atoms with Crippen LogP contribution in [0.2, 0.25) is 0 Å². The van der Waals surface area contributed by atoms with E-state index in [4.69, 9.17) is 14.2 Å². The Hall–Kier alpha value is -2.89. The van der Waals surface area contributed by atoms with Gasteiger partial charge in [-0.3, -0.25) is 14.4 Å². The normalized spacial score (nSPS) is 12.4. The van der Waals surface area contributed by atoms with Gasteiger partial charge in [-0.2, -0.15) is 0 Å². The number of hydrogen-bond donors (Lipinski definition) is 0. The Kier molecular flexibility index (Phi) is 61.2. The number of rotatable bonds is 60. The van der Waals surface area contributed by atoms with Crippen LogP contribution < -0.4 is 0 Å². The molecule has 0 fully saturated rings. The molecule has 0 heterocycles. The number of carbonyl (C=O) groups is 3. The van der Waals surface area contributed by atoms with Crippen LogP contribution in [0.5, 0.6) is 0 Å². The molecular weight excluding hydrogens is 925 g/mol. The number of allylic oxidation sites excluding steroid dienone is 10. The molecule has 0 aromatic heterocycles. The molecule has 6 nitrogen and oxygen atoms in total. The summed E-state index contributed by atoms with van der Waals surface area (Å²) in [4.78, 5) is 38.3. The highest BCUT2D eigenvalue weighted by atomic mass is 16.6. The first-order chi connectivity index (χ1) is 37.0. The van der Waals surface area contributed by atoms with Gasteiger partial charge < -0.3 is 14.2 Å². The Morgan fingerprint density at radius 2 is 0.520 bits per heavy atom. The molecular formula is C69H124O6. The number of carbonyl (C=O) groups excluding carboxylic acids is 3. The zero-order valence-corrected chi connectivity index (χ0v) is 50.1. The summed E-state index contributed by atoms with van der Waals surface area (Å²) < 4.78 is 16.9. The van der Waals surface area contributed by atoms with Crippen LogP contribution in [-0.2, 0) is 28.6 Å². The summed E-state index contributed by atoms with van der Waals surface area (Å²) in [7, 11) is 0. The van der Waals surface area contributed by atoms with E-state index in [0.717, 1.165) is 83.5 Å². The quantitative estimate of drug-likeness (QED) is 0.0261. The van der Waals surface area contributed by atoms with Crippen LogP contribution in [-0.4, -0.2) is 37.2 Å². The summed E-state index contributed by atoms with van der Waals surface area (Å²) in [6.45, 7) is 6.57. The van der Waals surface area contributed by atoms with Crippen LogP contribution in [0.15, 0.2) is 60.8 Å². The monoisotopic (exact) mass is 1050 g/mol. The third kappa shape index (κ3) is 61.8. The Morgan fingerprint density at radius 1 is 0.280 bits per heavy atom. The molecule has 6 heteroatoms. The van der Waals surface area contributed by atoms with Crippen molar-refractivity contribution < 1.29 is 28.6 Å². The van der Waals surface area contributed by atoms with E-state index in [2.05, 4.69) is 81.5 Å². The van der Waals surface area contributed by atoms with Crippen LogP contribution in [0.3, 0.4) is 0 Å². The van der Waals surface area contributed by atoms with Crippen molar-refractivity contribution in [2.45, 2.75) is 348 Å². The molecule has 0 rings (SSSR count). The Morgan fingerprint density at radius 3 is 0.827 bits per heavy atom. The van der Waals surface area contributed by atoms with Crippen molar-refractivity contribution in [3.05, 3.63) is 60.8 Å². The van der Waals surface area contributed by atoms with Gasteiger partial charge >= 0.3 is 17.9 Å². The van der Waals surface area contributed by atoms with E-state index in [-0.39, 0.29) is 31.1 Å². The lowest BCUT2D eigenvalue weighted by Crippen LogP contribution is -2.30. The molecule has 436 valence electrons. The first-order valence-electron chi connectivity index (χ1n) is 32.8. The fraction of sp³-hybridized carbons (Fsp3) is 0.812. The molecule has 0 aliphatic carbocycles. The lowest BCUT2D eigenvalue weighted by molar-refractivity contribution is -0.167. The molecule has 75 heavy (non-hydrogen) atoms. The summed E-state index contributed by atoms with van der Waals surface area (Å²) in [5.41, 5.74) is 0. The van der Waals surface area contributed by atoms with Gasteiger partial charge in [0.05, 0.1) is 0 Å². The number of ether oxygens (including phenoxy) is 3. The summed E-state index contributed by atoms with van der Waals surface area (Å²) >= 11 is 0. The predicted octanol–water partition coefficient (Wildman–Crippen LogP) is 22.3. The van der Waals surface area contributed by atoms with Crippen molar-refractivity contribution in [2.24, 2.45) is 0 Å². The van der Waals surface area contributed by atoms with Gasteiger partial charge in [0.2, 0.25) is 0 Å². The standard InChI is InChI=1S/C69H124O6/c1-4-7-10-13-16-19-22-25-27-29-30-31-32-33-34-35-36-37-38-40-41-44-47-50-53-56-59-62-68(71)74-65-66(64-73-67(70)61-58-55-52-49-46-43-24-21-18-15-12-9-6-3)75-69(72)63-60-57-54-51-48-45-42-39-28-26-23-20-17-14-11-8-5-2/h7,10,16,19,25-28,30-31,66H,4-6,8-9,11-15,17-18,20-24,29,32-65H2,1-3H3/b10-7-,19-16-,27-25-,28-26-,31-30-. The molecule has 1 unspecified atom stereocenters. The van der Waals surface area contributed by atoms with Crippen molar-refractivity contribution in [2.75, 3.05) is 13.2 Å². The Bertz CT molecular complexity index is 1340. The van der Waals surface area contributed by atoms with Crippen LogP contribution in [0.25, 0.3) is 0 Å². The van der Waals surface area contributed by atoms with Crippen molar-refractivity contribution in [3.63, 3.8) is 0 Å². The van der Waals surface area contributed by atoms with Gasteiger partial charge in [0.15, 0.2) is 6.10 Å². The fourth-order valence-corrected chi connectivity index (χ4v) is 9.61. The Balaban J connectivity index is 4.24. The molecule has 0 amide bonds. The number of esters is 3. The second-order valence-electron chi connectivity index (χ2n) is 22.0. The van der Waals surface area contributed by atoms with E-state index in [1.54, 1.807) is 0 Å². The van der Waals surface area contributed by atoms with Gasteiger partial charge in [-0.15, -0.1) is 0 Å². The van der Waals surface area contributed by atoms with E-state index in [9.17, 15) is 14.4 Å². The zero-order chi connectivity index (χ0) is 54.3. The number of unbranched alkanes of at least 4 members (excludes halogenated alkanes) is 39. The van der Waals surface area contributed by atoms with E-state index in [1.807, 2.05) is 0 Å². The average Bonchev–Trinajstić information content (AvgIpc) is 3.41. The summed E-state index contributed by atoms with van der Waals surface area (Å²) in [5, 5.41) is 0. The minimum absolute atomic E-state index is 0.0711. The first-order valence-corrected chi connectivity index (χ1v) is 32.8. The van der Waals surface area contributed by atoms with Crippen LogP contribution >= 0.6 is 0 Å². The van der Waals surface area contributed by atoms with Crippen LogP contribution in [0, 0.1) is 0 Å². The average molecular weight is 1050 g/mol. The molecule has 0 aromatic carbocycles. The van der Waals surface area contributed by atoms with E-state index in [1.165, 1.54) is 218 Å². The second kappa shape index (κ2) is 63.6. The molecule has 0 aromatic rings. The zero-order valence-electron chi connectivity index (χ0n) is 50.1. The maximum absolute atomic E-state index is 12.9. The molecule has 0 aliphatic rings. The predicted molar refractivity (Wildman–Crippen MR) is 325 cm³/mol. The first kappa shape index (κ1) is 72.1. The SMILES string of the molecule is CC/C=C\C/C=C\C/C=C\C/C=C\CCCCCCCCCCCCCCCCC(=O)OCC(COC(=O)CCCCCCCCCCCCCCC)OC(=O)CCCCCCCCC/C=C\CCCCCCCC. The molecule has 0 radical (unpaired) electrons. The van der Waals surface area contributed by atoms with Crippen molar-refractivity contribution in [1.82, 2.24) is 0 Å². The van der Waals surface area contributed by atoms with Gasteiger partial charge in [0, 0.05) is 19.3 Å². The van der Waals surface area contributed by atoms with Gasteiger partial charge in [0.1, 0.15) is 13.2 Å². The van der Waals surface area contributed by atoms with Gasteiger partial charge in [-0.1, -0.05) is 300 Å². The summed E-state index contributed by atoms with van der Waals surface area (Å²) in [6.07, 6.45) is 80.9. The molecule has 0 N–H and O–H groups in total. The van der Waals surface area contributed by atoms with Crippen LogP contribution in [0.1, 0.15) is 342 Å². The third-order valence-corrected chi connectivity index (χ3v) is 14.5. The van der Waals surface area contributed by atoms with Crippen molar-refractivity contribution >= 4 is 17.9 Å². The highest BCUT2D eigenvalue weighted by Gasteiger charge is 2.19. The lowest BCUT2D eigenvalue weighted by Gasteiger charge is -2.18. The molecule has 0 saturated carbocycles. The molecule has 0 spiro atoms. The van der Waals surface area contributed by atoms with Gasteiger partial charge in [-0.25, -0.2) is 0 Å². The minimum Gasteiger partial charge on any atom is -0.462 e. The van der Waals surface area contributed by atoms with Crippen LogP contribution in [0.4, 0.5) is 0 Å².